The van der Waals surface area contributed by atoms with Crippen molar-refractivity contribution in [1.82, 2.24) is 16.0 Å². The van der Waals surface area contributed by atoms with Crippen LogP contribution in [-0.4, -0.2) is 30.5 Å². The zero-order chi connectivity index (χ0) is 16.6. The van der Waals surface area contributed by atoms with Crippen molar-refractivity contribution in [2.24, 2.45) is 4.99 Å². The topological polar surface area (TPSA) is 65.5 Å². The molecule has 0 atom stereocenters. The van der Waals surface area contributed by atoms with Gasteiger partial charge in [0.2, 0.25) is 5.91 Å². The van der Waals surface area contributed by atoms with Crippen LogP contribution in [0, 0.1) is 6.92 Å². The minimum Gasteiger partial charge on any atom is -0.357 e. The standard InChI is InChI=1S/C17H28N4O.HI/c1-6-18-16(20-12-15(22)21-17(3,4)5)19-11-14-9-7-8-13(2)10-14;/h7-10H,6,11-12H2,1-5H3,(H,21,22)(H2,18,19,20);1H. The third-order valence-electron chi connectivity index (χ3n) is 2.78. The molecule has 1 aromatic carbocycles. The summed E-state index contributed by atoms with van der Waals surface area (Å²) in [6.45, 7) is 11.5. The number of benzene rings is 1. The molecule has 130 valence electrons. The van der Waals surface area contributed by atoms with Gasteiger partial charge in [-0.25, -0.2) is 4.99 Å². The van der Waals surface area contributed by atoms with Gasteiger partial charge < -0.3 is 16.0 Å². The molecule has 0 bridgehead atoms. The lowest BCUT2D eigenvalue weighted by Crippen LogP contribution is -2.48. The summed E-state index contributed by atoms with van der Waals surface area (Å²) in [5.74, 6) is 0.599. The van der Waals surface area contributed by atoms with Crippen molar-refractivity contribution in [3.05, 3.63) is 35.4 Å². The molecule has 0 radical (unpaired) electrons. The second kappa shape index (κ2) is 10.5. The highest BCUT2D eigenvalue weighted by Gasteiger charge is 2.13. The summed E-state index contributed by atoms with van der Waals surface area (Å²) >= 11 is 0. The van der Waals surface area contributed by atoms with Crippen molar-refractivity contribution in [2.45, 2.75) is 46.7 Å². The van der Waals surface area contributed by atoms with Gasteiger partial charge in [-0.1, -0.05) is 29.8 Å². The molecule has 0 aromatic heterocycles. The van der Waals surface area contributed by atoms with Crippen LogP contribution < -0.4 is 16.0 Å². The Balaban J connectivity index is 0.00000484. The number of hydrogen-bond acceptors (Lipinski definition) is 2. The number of amides is 1. The molecule has 0 heterocycles. The van der Waals surface area contributed by atoms with Crippen LogP contribution in [-0.2, 0) is 11.3 Å². The number of carbonyl (C=O) groups is 1. The SMILES string of the molecule is CCNC(=NCc1cccc(C)c1)NCC(=O)NC(C)(C)C.I. The van der Waals surface area contributed by atoms with Gasteiger partial charge in [-0.2, -0.15) is 0 Å². The van der Waals surface area contributed by atoms with Crippen molar-refractivity contribution < 1.29 is 4.79 Å². The van der Waals surface area contributed by atoms with Gasteiger partial charge in [0, 0.05) is 12.1 Å². The molecule has 0 aliphatic heterocycles. The third-order valence-corrected chi connectivity index (χ3v) is 2.78. The Hall–Kier alpha value is -1.31. The molecule has 6 heteroatoms. The number of halogens is 1. The first-order chi connectivity index (χ1) is 10.3. The van der Waals surface area contributed by atoms with Gasteiger partial charge in [0.05, 0.1) is 13.1 Å². The second-order valence-corrected chi connectivity index (χ2v) is 6.34. The van der Waals surface area contributed by atoms with E-state index in [1.165, 1.54) is 5.56 Å². The normalized spacial score (nSPS) is 11.4. The van der Waals surface area contributed by atoms with Crippen LogP contribution in [0.2, 0.25) is 0 Å². The van der Waals surface area contributed by atoms with Crippen LogP contribution in [0.1, 0.15) is 38.8 Å². The van der Waals surface area contributed by atoms with E-state index in [1.54, 1.807) is 0 Å². The van der Waals surface area contributed by atoms with E-state index >= 15 is 0 Å². The largest absolute Gasteiger partial charge is 0.357 e. The van der Waals surface area contributed by atoms with Gasteiger partial charge in [-0.3, -0.25) is 4.79 Å². The van der Waals surface area contributed by atoms with E-state index in [-0.39, 0.29) is 42.0 Å². The molecule has 1 aromatic rings. The Morgan fingerprint density at radius 3 is 2.48 bits per heavy atom. The van der Waals surface area contributed by atoms with Crippen LogP contribution in [0.4, 0.5) is 0 Å². The highest BCUT2D eigenvalue weighted by Crippen LogP contribution is 2.05. The minimum atomic E-state index is -0.226. The smallest absolute Gasteiger partial charge is 0.239 e. The Morgan fingerprint density at radius 1 is 1.22 bits per heavy atom. The molecule has 0 aliphatic rings. The van der Waals surface area contributed by atoms with Crippen LogP contribution in [0.15, 0.2) is 29.3 Å². The lowest BCUT2D eigenvalue weighted by Gasteiger charge is -2.21. The molecule has 5 nitrogen and oxygen atoms in total. The number of rotatable bonds is 5. The van der Waals surface area contributed by atoms with E-state index in [4.69, 9.17) is 0 Å². The van der Waals surface area contributed by atoms with E-state index in [1.807, 2.05) is 39.8 Å². The predicted molar refractivity (Wildman–Crippen MR) is 107 cm³/mol. The van der Waals surface area contributed by atoms with Crippen LogP contribution in [0.3, 0.4) is 0 Å². The molecule has 0 spiro atoms. The summed E-state index contributed by atoms with van der Waals surface area (Å²) in [5.41, 5.74) is 2.14. The van der Waals surface area contributed by atoms with E-state index < -0.39 is 0 Å². The number of nitrogens with one attached hydrogen (secondary N) is 3. The van der Waals surface area contributed by atoms with Gasteiger partial charge in [-0.05, 0) is 40.2 Å². The summed E-state index contributed by atoms with van der Waals surface area (Å²) in [5, 5.41) is 9.11. The molecule has 0 saturated heterocycles. The molecular formula is C17H29IN4O. The van der Waals surface area contributed by atoms with Gasteiger partial charge in [-0.15, -0.1) is 24.0 Å². The number of aryl methyl sites for hydroxylation is 1. The van der Waals surface area contributed by atoms with Crippen molar-refractivity contribution in [2.75, 3.05) is 13.1 Å². The highest BCUT2D eigenvalue weighted by molar-refractivity contribution is 14.0. The van der Waals surface area contributed by atoms with E-state index in [0.717, 1.165) is 12.1 Å². The summed E-state index contributed by atoms with van der Waals surface area (Å²) < 4.78 is 0. The molecule has 1 amide bonds. The van der Waals surface area contributed by atoms with Crippen molar-refractivity contribution in [3.8, 4) is 0 Å². The number of aliphatic imine (C=N–C) groups is 1. The number of nitrogens with zero attached hydrogens (tertiary/aromatic N) is 1. The fourth-order valence-corrected chi connectivity index (χ4v) is 1.95. The van der Waals surface area contributed by atoms with Gasteiger partial charge in [0.1, 0.15) is 0 Å². The zero-order valence-electron chi connectivity index (χ0n) is 14.7. The average Bonchev–Trinajstić information content (AvgIpc) is 2.40. The highest BCUT2D eigenvalue weighted by atomic mass is 127. The number of carbonyl (C=O) groups excluding carboxylic acids is 1. The maximum absolute atomic E-state index is 11.8. The Labute approximate surface area is 156 Å². The molecule has 3 N–H and O–H groups in total. The average molecular weight is 432 g/mol. The maximum Gasteiger partial charge on any atom is 0.239 e. The fourth-order valence-electron chi connectivity index (χ4n) is 1.95. The van der Waals surface area contributed by atoms with E-state index in [9.17, 15) is 4.79 Å². The Kier molecular flexibility index (Phi) is 9.87. The summed E-state index contributed by atoms with van der Waals surface area (Å²) in [6, 6.07) is 8.25. The molecule has 23 heavy (non-hydrogen) atoms. The van der Waals surface area contributed by atoms with Crippen LogP contribution in [0.5, 0.6) is 0 Å². The van der Waals surface area contributed by atoms with E-state index in [0.29, 0.717) is 12.5 Å². The van der Waals surface area contributed by atoms with Gasteiger partial charge in [0.25, 0.3) is 0 Å². The lowest BCUT2D eigenvalue weighted by molar-refractivity contribution is -0.121. The van der Waals surface area contributed by atoms with Crippen molar-refractivity contribution in [3.63, 3.8) is 0 Å². The summed E-state index contributed by atoms with van der Waals surface area (Å²) in [6.07, 6.45) is 0. The molecule has 0 unspecified atom stereocenters. The second-order valence-electron chi connectivity index (χ2n) is 6.34. The van der Waals surface area contributed by atoms with Gasteiger partial charge >= 0.3 is 0 Å². The first-order valence-electron chi connectivity index (χ1n) is 7.69. The molecule has 0 saturated carbocycles. The quantitative estimate of drug-likeness (QED) is 0.381. The lowest BCUT2D eigenvalue weighted by atomic mass is 10.1. The number of hydrogen-bond donors (Lipinski definition) is 3. The van der Waals surface area contributed by atoms with Crippen LogP contribution >= 0.6 is 24.0 Å². The van der Waals surface area contributed by atoms with Crippen molar-refractivity contribution in [1.29, 1.82) is 0 Å². The predicted octanol–water partition coefficient (Wildman–Crippen LogP) is 2.58. The van der Waals surface area contributed by atoms with E-state index in [2.05, 4.69) is 40.0 Å². The monoisotopic (exact) mass is 432 g/mol. The zero-order valence-corrected chi connectivity index (χ0v) is 17.0. The Bertz CT molecular complexity index is 524. The minimum absolute atomic E-state index is 0. The van der Waals surface area contributed by atoms with Crippen LogP contribution in [0.25, 0.3) is 0 Å². The first kappa shape index (κ1) is 21.7. The summed E-state index contributed by atoms with van der Waals surface area (Å²) in [7, 11) is 0. The number of guanidine groups is 1. The molecule has 1 rings (SSSR count). The molecular weight excluding hydrogens is 403 g/mol. The summed E-state index contributed by atoms with van der Waals surface area (Å²) in [4.78, 5) is 16.3. The first-order valence-corrected chi connectivity index (χ1v) is 7.69. The van der Waals surface area contributed by atoms with Crippen molar-refractivity contribution >= 4 is 35.8 Å². The fraction of sp³-hybridized carbons (Fsp3) is 0.529. The van der Waals surface area contributed by atoms with Gasteiger partial charge in [0.15, 0.2) is 5.96 Å². The maximum atomic E-state index is 11.8. The third kappa shape index (κ3) is 10.1. The Morgan fingerprint density at radius 2 is 1.91 bits per heavy atom. The molecule has 0 aliphatic carbocycles. The molecule has 0 fully saturated rings.